The predicted molar refractivity (Wildman–Crippen MR) is 76.5 cm³/mol. The van der Waals surface area contributed by atoms with E-state index in [0.717, 1.165) is 19.3 Å². The number of rotatable bonds is 3. The second-order valence-electron chi connectivity index (χ2n) is 5.05. The van der Waals surface area contributed by atoms with Gasteiger partial charge in [0.15, 0.2) is 5.78 Å². The first kappa shape index (κ1) is 13.9. The minimum atomic E-state index is 0.168. The smallest absolute Gasteiger partial charge is 0.166 e. The SMILES string of the molecule is CCC1CCCCC1C(=O)c1ccc(Cl)c(Cl)c1. The Morgan fingerprint density at radius 1 is 1.22 bits per heavy atom. The molecule has 0 saturated heterocycles. The lowest BCUT2D eigenvalue weighted by Crippen LogP contribution is -2.26. The average Bonchev–Trinajstić information content (AvgIpc) is 2.41. The average molecular weight is 285 g/mol. The van der Waals surface area contributed by atoms with E-state index < -0.39 is 0 Å². The lowest BCUT2D eigenvalue weighted by molar-refractivity contribution is 0.0820. The van der Waals surface area contributed by atoms with E-state index >= 15 is 0 Å². The van der Waals surface area contributed by atoms with Crippen LogP contribution in [0.5, 0.6) is 0 Å². The Balaban J connectivity index is 2.21. The summed E-state index contributed by atoms with van der Waals surface area (Å²) in [5, 5.41) is 0.968. The summed E-state index contributed by atoms with van der Waals surface area (Å²) in [4.78, 5) is 12.5. The van der Waals surface area contributed by atoms with Crippen LogP contribution in [0.3, 0.4) is 0 Å². The van der Waals surface area contributed by atoms with Gasteiger partial charge in [0.25, 0.3) is 0 Å². The zero-order valence-electron chi connectivity index (χ0n) is 10.6. The van der Waals surface area contributed by atoms with Gasteiger partial charge in [0.1, 0.15) is 0 Å². The molecule has 1 saturated carbocycles. The lowest BCUT2D eigenvalue weighted by atomic mass is 9.74. The van der Waals surface area contributed by atoms with Crippen molar-refractivity contribution in [2.24, 2.45) is 11.8 Å². The summed E-state index contributed by atoms with van der Waals surface area (Å²) in [5.41, 5.74) is 0.703. The normalized spacial score (nSPS) is 23.9. The number of halogens is 2. The highest BCUT2D eigenvalue weighted by atomic mass is 35.5. The zero-order chi connectivity index (χ0) is 13.1. The van der Waals surface area contributed by atoms with Crippen molar-refractivity contribution in [3.63, 3.8) is 0 Å². The summed E-state index contributed by atoms with van der Waals surface area (Å²) >= 11 is 11.9. The molecule has 0 spiro atoms. The van der Waals surface area contributed by atoms with Crippen molar-refractivity contribution in [3.8, 4) is 0 Å². The second kappa shape index (κ2) is 6.08. The minimum Gasteiger partial charge on any atom is -0.294 e. The topological polar surface area (TPSA) is 17.1 Å². The van der Waals surface area contributed by atoms with Crippen molar-refractivity contribution in [1.29, 1.82) is 0 Å². The third kappa shape index (κ3) is 2.89. The number of benzene rings is 1. The van der Waals surface area contributed by atoms with Gasteiger partial charge in [-0.25, -0.2) is 0 Å². The number of Topliss-reactive ketones (excluding diaryl/α,β-unsaturated/α-hetero) is 1. The molecular weight excluding hydrogens is 267 g/mol. The number of carbonyl (C=O) groups is 1. The molecule has 1 aromatic carbocycles. The Morgan fingerprint density at radius 3 is 2.61 bits per heavy atom. The van der Waals surface area contributed by atoms with Crippen LogP contribution in [0, 0.1) is 11.8 Å². The Hall–Kier alpha value is -0.530. The number of hydrogen-bond acceptors (Lipinski definition) is 1. The summed E-state index contributed by atoms with van der Waals surface area (Å²) in [6.07, 6.45) is 5.68. The van der Waals surface area contributed by atoms with Gasteiger partial charge in [-0.3, -0.25) is 4.79 Å². The molecule has 1 aliphatic carbocycles. The summed E-state index contributed by atoms with van der Waals surface area (Å²) in [6, 6.07) is 5.20. The molecule has 1 aliphatic rings. The molecule has 18 heavy (non-hydrogen) atoms. The minimum absolute atomic E-state index is 0.168. The Kier molecular flexibility index (Phi) is 4.69. The fraction of sp³-hybridized carbons (Fsp3) is 0.533. The van der Waals surface area contributed by atoms with Crippen LogP contribution in [0.1, 0.15) is 49.4 Å². The molecule has 2 atom stereocenters. The van der Waals surface area contributed by atoms with E-state index in [2.05, 4.69) is 6.92 Å². The highest BCUT2D eigenvalue weighted by molar-refractivity contribution is 6.42. The van der Waals surface area contributed by atoms with Crippen molar-refractivity contribution in [2.75, 3.05) is 0 Å². The van der Waals surface area contributed by atoms with Crippen LogP contribution in [0.2, 0.25) is 10.0 Å². The standard InChI is InChI=1S/C15H18Cl2O/c1-2-10-5-3-4-6-12(10)15(18)11-7-8-13(16)14(17)9-11/h7-10,12H,2-6H2,1H3. The quantitative estimate of drug-likeness (QED) is 0.680. The maximum absolute atomic E-state index is 12.5. The van der Waals surface area contributed by atoms with Gasteiger partial charge in [0, 0.05) is 11.5 Å². The van der Waals surface area contributed by atoms with Crippen molar-refractivity contribution in [2.45, 2.75) is 39.0 Å². The molecular formula is C15H18Cl2O. The fourth-order valence-electron chi connectivity index (χ4n) is 2.90. The molecule has 1 nitrogen and oxygen atoms in total. The largest absolute Gasteiger partial charge is 0.294 e. The molecule has 1 aromatic rings. The van der Waals surface area contributed by atoms with Crippen molar-refractivity contribution in [3.05, 3.63) is 33.8 Å². The van der Waals surface area contributed by atoms with Gasteiger partial charge >= 0.3 is 0 Å². The molecule has 0 radical (unpaired) electrons. The van der Waals surface area contributed by atoms with Crippen LogP contribution in [-0.2, 0) is 0 Å². The van der Waals surface area contributed by atoms with Crippen molar-refractivity contribution < 1.29 is 4.79 Å². The number of carbonyl (C=O) groups excluding carboxylic acids is 1. The van der Waals surface area contributed by atoms with E-state index in [1.807, 2.05) is 0 Å². The van der Waals surface area contributed by atoms with Gasteiger partial charge in [-0.1, -0.05) is 49.4 Å². The molecule has 0 bridgehead atoms. The van der Waals surface area contributed by atoms with E-state index in [-0.39, 0.29) is 11.7 Å². The second-order valence-corrected chi connectivity index (χ2v) is 5.87. The van der Waals surface area contributed by atoms with Crippen LogP contribution >= 0.6 is 23.2 Å². The van der Waals surface area contributed by atoms with Crippen LogP contribution in [-0.4, -0.2) is 5.78 Å². The highest BCUT2D eigenvalue weighted by Gasteiger charge is 2.30. The maximum atomic E-state index is 12.5. The summed E-state index contributed by atoms with van der Waals surface area (Å²) < 4.78 is 0. The van der Waals surface area contributed by atoms with Gasteiger partial charge in [0.2, 0.25) is 0 Å². The van der Waals surface area contributed by atoms with Gasteiger partial charge in [-0.15, -0.1) is 0 Å². The van der Waals surface area contributed by atoms with Crippen LogP contribution in [0.4, 0.5) is 0 Å². The van der Waals surface area contributed by atoms with Crippen molar-refractivity contribution in [1.82, 2.24) is 0 Å². The molecule has 0 heterocycles. The number of hydrogen-bond donors (Lipinski definition) is 0. The third-order valence-corrected chi connectivity index (χ3v) is 4.71. The van der Waals surface area contributed by atoms with Crippen LogP contribution in [0.25, 0.3) is 0 Å². The molecule has 0 aliphatic heterocycles. The van der Waals surface area contributed by atoms with E-state index in [4.69, 9.17) is 23.2 Å². The summed E-state index contributed by atoms with van der Waals surface area (Å²) in [7, 11) is 0. The number of ketones is 1. The van der Waals surface area contributed by atoms with Gasteiger partial charge in [0.05, 0.1) is 10.0 Å². The fourth-order valence-corrected chi connectivity index (χ4v) is 3.20. The van der Waals surface area contributed by atoms with Gasteiger partial charge in [-0.05, 0) is 37.0 Å². The first-order valence-electron chi connectivity index (χ1n) is 6.62. The highest BCUT2D eigenvalue weighted by Crippen LogP contribution is 2.35. The van der Waals surface area contributed by atoms with Gasteiger partial charge < -0.3 is 0 Å². The zero-order valence-corrected chi connectivity index (χ0v) is 12.1. The van der Waals surface area contributed by atoms with E-state index in [0.29, 0.717) is 21.5 Å². The van der Waals surface area contributed by atoms with Crippen LogP contribution in [0.15, 0.2) is 18.2 Å². The molecule has 2 unspecified atom stereocenters. The molecule has 0 aromatic heterocycles. The molecule has 0 amide bonds. The maximum Gasteiger partial charge on any atom is 0.166 e. The monoisotopic (exact) mass is 284 g/mol. The first-order valence-corrected chi connectivity index (χ1v) is 7.38. The van der Waals surface area contributed by atoms with E-state index in [1.54, 1.807) is 18.2 Å². The molecule has 98 valence electrons. The first-order chi connectivity index (χ1) is 8.63. The van der Waals surface area contributed by atoms with Crippen molar-refractivity contribution >= 4 is 29.0 Å². The van der Waals surface area contributed by atoms with E-state index in [1.165, 1.54) is 12.8 Å². The lowest BCUT2D eigenvalue weighted by Gasteiger charge is -2.29. The predicted octanol–water partition coefficient (Wildman–Crippen LogP) is 5.39. The molecule has 3 heteroatoms. The summed E-state index contributed by atoms with van der Waals surface area (Å²) in [6.45, 7) is 2.17. The van der Waals surface area contributed by atoms with Crippen LogP contribution < -0.4 is 0 Å². The Morgan fingerprint density at radius 2 is 1.94 bits per heavy atom. The van der Waals surface area contributed by atoms with E-state index in [9.17, 15) is 4.79 Å². The Bertz CT molecular complexity index is 442. The Labute approximate surface area is 118 Å². The molecule has 1 fully saturated rings. The molecule has 2 rings (SSSR count). The molecule has 0 N–H and O–H groups in total. The summed E-state index contributed by atoms with van der Waals surface area (Å²) in [5.74, 6) is 0.932. The third-order valence-electron chi connectivity index (χ3n) is 3.97. The van der Waals surface area contributed by atoms with Gasteiger partial charge in [-0.2, -0.15) is 0 Å².